The van der Waals surface area contributed by atoms with Gasteiger partial charge in [-0.25, -0.2) is 0 Å². The Morgan fingerprint density at radius 2 is 1.82 bits per heavy atom. The second-order valence-electron chi connectivity index (χ2n) is 4.88. The second-order valence-corrected chi connectivity index (χ2v) is 7.18. The minimum Gasteiger partial charge on any atom is -0.325 e. The highest BCUT2D eigenvalue weighted by atomic mass is 35.5. The van der Waals surface area contributed by atoms with Gasteiger partial charge in [-0.1, -0.05) is 47.0 Å². The van der Waals surface area contributed by atoms with Crippen molar-refractivity contribution in [2.45, 2.75) is 12.7 Å². The van der Waals surface area contributed by atoms with Crippen molar-refractivity contribution in [1.29, 1.82) is 0 Å². The maximum absolute atomic E-state index is 12.1. The first kappa shape index (κ1) is 17.0. The highest BCUT2D eigenvalue weighted by Crippen LogP contribution is 2.22. The number of amides is 1. The fourth-order valence-corrected chi connectivity index (χ4v) is 3.46. The molecule has 1 unspecified atom stereocenters. The number of rotatable bonds is 5. The van der Waals surface area contributed by atoms with E-state index in [0.717, 1.165) is 5.56 Å². The van der Waals surface area contributed by atoms with E-state index < -0.39 is 10.8 Å². The van der Waals surface area contributed by atoms with Crippen LogP contribution in [-0.4, -0.2) is 15.9 Å². The number of aryl methyl sites for hydroxylation is 1. The monoisotopic (exact) mass is 355 g/mol. The molecule has 0 aromatic heterocycles. The van der Waals surface area contributed by atoms with E-state index in [-0.39, 0.29) is 17.4 Å². The minimum absolute atomic E-state index is 0.0766. The highest BCUT2D eigenvalue weighted by Gasteiger charge is 2.11. The van der Waals surface area contributed by atoms with Gasteiger partial charge in [0.05, 0.1) is 5.75 Å². The van der Waals surface area contributed by atoms with Crippen molar-refractivity contribution in [3.05, 3.63) is 63.6 Å². The van der Waals surface area contributed by atoms with E-state index in [1.54, 1.807) is 18.2 Å². The molecule has 0 aliphatic rings. The van der Waals surface area contributed by atoms with E-state index in [2.05, 4.69) is 5.32 Å². The number of hydrogen-bond donors (Lipinski definition) is 1. The van der Waals surface area contributed by atoms with E-state index in [9.17, 15) is 9.00 Å². The summed E-state index contributed by atoms with van der Waals surface area (Å²) in [6.07, 6.45) is 0. The molecule has 22 heavy (non-hydrogen) atoms. The first-order valence-electron chi connectivity index (χ1n) is 6.59. The van der Waals surface area contributed by atoms with Crippen molar-refractivity contribution in [3.8, 4) is 0 Å². The van der Waals surface area contributed by atoms with E-state index in [1.807, 2.05) is 31.2 Å². The van der Waals surface area contributed by atoms with Gasteiger partial charge in [0.25, 0.3) is 0 Å². The summed E-state index contributed by atoms with van der Waals surface area (Å²) in [6.45, 7) is 1.97. The summed E-state index contributed by atoms with van der Waals surface area (Å²) in [7, 11) is -1.34. The SMILES string of the molecule is Cc1ccc(NC(=O)CS(=O)Cc2ccc(Cl)cc2Cl)cc1. The predicted octanol–water partition coefficient (Wildman–Crippen LogP) is 4.19. The van der Waals surface area contributed by atoms with Gasteiger partial charge in [0.2, 0.25) is 5.91 Å². The van der Waals surface area contributed by atoms with Gasteiger partial charge in [-0.15, -0.1) is 0 Å². The largest absolute Gasteiger partial charge is 0.325 e. The zero-order chi connectivity index (χ0) is 16.1. The van der Waals surface area contributed by atoms with E-state index in [1.165, 1.54) is 0 Å². The normalized spacial score (nSPS) is 12.0. The zero-order valence-electron chi connectivity index (χ0n) is 11.9. The summed E-state index contributed by atoms with van der Waals surface area (Å²) in [4.78, 5) is 11.9. The maximum atomic E-state index is 12.1. The summed E-state index contributed by atoms with van der Waals surface area (Å²) in [5.41, 5.74) is 2.52. The number of nitrogens with one attached hydrogen (secondary N) is 1. The van der Waals surface area contributed by atoms with Gasteiger partial charge >= 0.3 is 0 Å². The van der Waals surface area contributed by atoms with Gasteiger partial charge in [0.15, 0.2) is 0 Å². The average molecular weight is 356 g/mol. The summed E-state index contributed by atoms with van der Waals surface area (Å²) < 4.78 is 12.1. The Labute approximate surface area is 142 Å². The third kappa shape index (κ3) is 5.13. The lowest BCUT2D eigenvalue weighted by Gasteiger charge is -2.07. The van der Waals surface area contributed by atoms with E-state index >= 15 is 0 Å². The topological polar surface area (TPSA) is 46.2 Å². The fraction of sp³-hybridized carbons (Fsp3) is 0.188. The number of halogens is 2. The lowest BCUT2D eigenvalue weighted by Crippen LogP contribution is -2.20. The molecule has 1 atom stereocenters. The Morgan fingerprint density at radius 1 is 1.14 bits per heavy atom. The third-order valence-electron chi connectivity index (χ3n) is 2.96. The Kier molecular flexibility index (Phi) is 6.00. The van der Waals surface area contributed by atoms with Crippen LogP contribution in [0.2, 0.25) is 10.0 Å². The van der Waals surface area contributed by atoms with Gasteiger partial charge < -0.3 is 5.32 Å². The van der Waals surface area contributed by atoms with Crippen LogP contribution in [0, 0.1) is 6.92 Å². The molecule has 0 bridgehead atoms. The van der Waals surface area contributed by atoms with E-state index in [0.29, 0.717) is 21.3 Å². The zero-order valence-corrected chi connectivity index (χ0v) is 14.3. The second kappa shape index (κ2) is 7.77. The van der Waals surface area contributed by atoms with Gasteiger partial charge in [0, 0.05) is 26.5 Å². The fourth-order valence-electron chi connectivity index (χ4n) is 1.84. The summed E-state index contributed by atoms with van der Waals surface area (Å²) in [6, 6.07) is 12.4. The van der Waals surface area contributed by atoms with Crippen molar-refractivity contribution in [2.75, 3.05) is 11.1 Å². The number of carbonyl (C=O) groups is 1. The number of anilines is 1. The predicted molar refractivity (Wildman–Crippen MR) is 93.0 cm³/mol. The molecule has 3 nitrogen and oxygen atoms in total. The number of carbonyl (C=O) groups excluding carboxylic acids is 1. The van der Waals surface area contributed by atoms with Crippen molar-refractivity contribution in [1.82, 2.24) is 0 Å². The van der Waals surface area contributed by atoms with Crippen LogP contribution in [0.15, 0.2) is 42.5 Å². The van der Waals surface area contributed by atoms with Gasteiger partial charge in [-0.05, 0) is 36.8 Å². The first-order valence-corrected chi connectivity index (χ1v) is 8.84. The highest BCUT2D eigenvalue weighted by molar-refractivity contribution is 7.85. The molecular formula is C16H15Cl2NO2S. The standard InChI is InChI=1S/C16H15Cl2NO2S/c1-11-2-6-14(7-3-11)19-16(20)10-22(21)9-12-4-5-13(17)8-15(12)18/h2-8H,9-10H2,1H3,(H,19,20). The molecule has 0 saturated carbocycles. The van der Waals surface area contributed by atoms with E-state index in [4.69, 9.17) is 23.2 Å². The Balaban J connectivity index is 1.91. The van der Waals surface area contributed by atoms with Gasteiger partial charge in [-0.3, -0.25) is 9.00 Å². The Bertz CT molecular complexity index is 702. The van der Waals surface area contributed by atoms with Crippen LogP contribution in [0.3, 0.4) is 0 Å². The van der Waals surface area contributed by atoms with Crippen LogP contribution in [0.5, 0.6) is 0 Å². The molecule has 116 valence electrons. The third-order valence-corrected chi connectivity index (χ3v) is 4.76. The molecule has 0 saturated heterocycles. The first-order chi connectivity index (χ1) is 10.4. The van der Waals surface area contributed by atoms with Gasteiger partial charge in [0.1, 0.15) is 5.75 Å². The lowest BCUT2D eigenvalue weighted by atomic mass is 10.2. The molecule has 0 radical (unpaired) electrons. The molecule has 0 spiro atoms. The summed E-state index contributed by atoms with van der Waals surface area (Å²) in [5, 5.41) is 3.71. The minimum atomic E-state index is -1.34. The number of hydrogen-bond acceptors (Lipinski definition) is 2. The van der Waals surface area contributed by atoms with Crippen LogP contribution >= 0.6 is 23.2 Å². The van der Waals surface area contributed by atoms with Crippen molar-refractivity contribution in [3.63, 3.8) is 0 Å². The average Bonchev–Trinajstić information content (AvgIpc) is 2.44. The number of benzene rings is 2. The molecule has 0 fully saturated rings. The molecule has 6 heteroatoms. The molecule has 1 amide bonds. The molecular weight excluding hydrogens is 341 g/mol. The van der Waals surface area contributed by atoms with Gasteiger partial charge in [-0.2, -0.15) is 0 Å². The Hall–Kier alpha value is -1.36. The van der Waals surface area contributed by atoms with Crippen molar-refractivity contribution in [2.24, 2.45) is 0 Å². The van der Waals surface area contributed by atoms with Crippen LogP contribution in [0.25, 0.3) is 0 Å². The smallest absolute Gasteiger partial charge is 0.237 e. The molecule has 2 aromatic carbocycles. The van der Waals surface area contributed by atoms with Crippen molar-refractivity contribution < 1.29 is 9.00 Å². The molecule has 0 aliphatic heterocycles. The molecule has 0 aliphatic carbocycles. The quantitative estimate of drug-likeness (QED) is 0.873. The van der Waals surface area contributed by atoms with Crippen molar-refractivity contribution >= 4 is 45.6 Å². The molecule has 2 aromatic rings. The Morgan fingerprint density at radius 3 is 2.45 bits per heavy atom. The van der Waals surface area contributed by atoms with Crippen LogP contribution in [0.4, 0.5) is 5.69 Å². The lowest BCUT2D eigenvalue weighted by molar-refractivity contribution is -0.113. The van der Waals surface area contributed by atoms with Crippen LogP contribution in [-0.2, 0) is 21.3 Å². The van der Waals surface area contributed by atoms with Crippen LogP contribution in [0.1, 0.15) is 11.1 Å². The van der Waals surface area contributed by atoms with Crippen LogP contribution < -0.4 is 5.32 Å². The molecule has 2 rings (SSSR count). The molecule has 1 N–H and O–H groups in total. The molecule has 0 heterocycles. The summed E-state index contributed by atoms with van der Waals surface area (Å²) >= 11 is 11.9. The maximum Gasteiger partial charge on any atom is 0.237 e. The summed E-state index contributed by atoms with van der Waals surface area (Å²) in [5.74, 6) is -0.142.